The van der Waals surface area contributed by atoms with E-state index in [9.17, 15) is 8.42 Å². The van der Waals surface area contributed by atoms with E-state index in [1.165, 1.54) is 6.26 Å². The van der Waals surface area contributed by atoms with Crippen molar-refractivity contribution >= 4 is 27.4 Å². The Kier molecular flexibility index (Phi) is 5.47. The summed E-state index contributed by atoms with van der Waals surface area (Å²) in [5.41, 5.74) is 5.26. The highest BCUT2D eigenvalue weighted by Crippen LogP contribution is 2.27. The molecule has 0 aliphatic rings. The van der Waals surface area contributed by atoms with Gasteiger partial charge in [0, 0.05) is 16.6 Å². The number of thioether (sulfide) groups is 1. The number of hydrogen-bond donors (Lipinski definition) is 2. The van der Waals surface area contributed by atoms with Crippen LogP contribution in [0.2, 0.25) is 0 Å². The van der Waals surface area contributed by atoms with Crippen molar-refractivity contribution in [3.63, 3.8) is 0 Å². The summed E-state index contributed by atoms with van der Waals surface area (Å²) in [5, 5.41) is 11.7. The third-order valence-electron chi connectivity index (χ3n) is 3.05. The maximum Gasteiger partial charge on any atom is 0.175 e. The molecule has 5 nitrogen and oxygen atoms in total. The van der Waals surface area contributed by atoms with Crippen LogP contribution >= 0.6 is 11.8 Å². The summed E-state index contributed by atoms with van der Waals surface area (Å²) in [6.07, 6.45) is 1.94. The van der Waals surface area contributed by atoms with Gasteiger partial charge in [-0.2, -0.15) is 0 Å². The molecule has 1 aromatic carbocycles. The highest BCUT2D eigenvalue weighted by Gasteiger charge is 2.23. The maximum atomic E-state index is 11.3. The van der Waals surface area contributed by atoms with Gasteiger partial charge in [-0.15, -0.1) is 11.8 Å². The summed E-state index contributed by atoms with van der Waals surface area (Å²) in [6, 6.07) is 6.79. The molecule has 0 spiro atoms. The van der Waals surface area contributed by atoms with Crippen LogP contribution in [0.5, 0.6) is 0 Å². The minimum atomic E-state index is -3.15. The zero-order valence-electron chi connectivity index (χ0n) is 11.8. The average molecular weight is 316 g/mol. The van der Waals surface area contributed by atoms with Crippen LogP contribution in [0.1, 0.15) is 20.3 Å². The van der Waals surface area contributed by atoms with E-state index in [2.05, 4.69) is 5.16 Å². The average Bonchev–Trinajstić information content (AvgIpc) is 2.37. The Morgan fingerprint density at radius 3 is 2.35 bits per heavy atom. The van der Waals surface area contributed by atoms with E-state index >= 15 is 0 Å². The molecule has 0 aliphatic heterocycles. The van der Waals surface area contributed by atoms with Crippen molar-refractivity contribution in [2.75, 3.05) is 12.0 Å². The Balaban J connectivity index is 2.60. The Morgan fingerprint density at radius 1 is 1.35 bits per heavy atom. The summed E-state index contributed by atoms with van der Waals surface area (Å²) in [7, 11) is -3.15. The summed E-state index contributed by atoms with van der Waals surface area (Å²) >= 11 is 1.61. The molecule has 112 valence electrons. The number of oxime groups is 1. The van der Waals surface area contributed by atoms with Crippen molar-refractivity contribution in [1.29, 1.82) is 0 Å². The number of sulfone groups is 1. The lowest BCUT2D eigenvalue weighted by Crippen LogP contribution is -2.32. The van der Waals surface area contributed by atoms with E-state index < -0.39 is 9.84 Å². The first-order valence-electron chi connectivity index (χ1n) is 6.08. The lowest BCUT2D eigenvalue weighted by molar-refractivity contribution is 0.307. The highest BCUT2D eigenvalue weighted by atomic mass is 32.2. The number of nitrogens with zero attached hydrogens (tertiary/aromatic N) is 1. The number of amidine groups is 1. The van der Waals surface area contributed by atoms with Crippen LogP contribution in [0.15, 0.2) is 39.2 Å². The molecule has 0 aliphatic carbocycles. The topological polar surface area (TPSA) is 92.8 Å². The molecule has 1 rings (SSSR count). The normalized spacial score (nSPS) is 13.4. The van der Waals surface area contributed by atoms with Gasteiger partial charge >= 0.3 is 0 Å². The van der Waals surface area contributed by atoms with Crippen molar-refractivity contribution < 1.29 is 13.6 Å². The first kappa shape index (κ1) is 16.8. The van der Waals surface area contributed by atoms with Gasteiger partial charge in [0.05, 0.1) is 4.90 Å². The van der Waals surface area contributed by atoms with Gasteiger partial charge in [-0.1, -0.05) is 19.0 Å². The Labute approximate surface area is 124 Å². The fourth-order valence-corrected chi connectivity index (χ4v) is 3.28. The fraction of sp³-hybridized carbons (Fsp3) is 0.462. The van der Waals surface area contributed by atoms with Crippen LogP contribution < -0.4 is 5.73 Å². The lowest BCUT2D eigenvalue weighted by Gasteiger charge is -2.22. The van der Waals surface area contributed by atoms with Gasteiger partial charge in [0.2, 0.25) is 0 Å². The van der Waals surface area contributed by atoms with Crippen LogP contribution in [0.4, 0.5) is 0 Å². The molecule has 0 atom stereocenters. The molecule has 7 heteroatoms. The molecular formula is C13H20N2O3S2. The highest BCUT2D eigenvalue weighted by molar-refractivity contribution is 7.99. The van der Waals surface area contributed by atoms with Gasteiger partial charge in [-0.25, -0.2) is 8.42 Å². The molecule has 0 saturated carbocycles. The number of rotatable bonds is 6. The van der Waals surface area contributed by atoms with Gasteiger partial charge < -0.3 is 10.9 Å². The van der Waals surface area contributed by atoms with Crippen molar-refractivity contribution in [2.24, 2.45) is 16.3 Å². The minimum Gasteiger partial charge on any atom is -0.409 e. The number of benzene rings is 1. The summed E-state index contributed by atoms with van der Waals surface area (Å²) < 4.78 is 22.7. The molecule has 0 heterocycles. The van der Waals surface area contributed by atoms with E-state index in [1.807, 2.05) is 13.8 Å². The van der Waals surface area contributed by atoms with Gasteiger partial charge in [0.25, 0.3) is 0 Å². The van der Waals surface area contributed by atoms with E-state index in [4.69, 9.17) is 10.9 Å². The molecule has 0 unspecified atom stereocenters. The van der Waals surface area contributed by atoms with E-state index in [0.717, 1.165) is 17.1 Å². The molecule has 20 heavy (non-hydrogen) atoms. The number of hydrogen-bond acceptors (Lipinski definition) is 5. The molecule has 0 fully saturated rings. The first-order chi connectivity index (χ1) is 9.16. The minimum absolute atomic E-state index is 0.213. The zero-order chi connectivity index (χ0) is 15.4. The summed E-state index contributed by atoms with van der Waals surface area (Å²) in [4.78, 5) is 1.31. The SMILES string of the molecule is CC(C)(CCSc1ccc(S(C)(=O)=O)cc1)C(N)=NO. The van der Waals surface area contributed by atoms with Crippen molar-refractivity contribution in [2.45, 2.75) is 30.1 Å². The van der Waals surface area contributed by atoms with Gasteiger partial charge in [-0.05, 0) is 36.4 Å². The second-order valence-corrected chi connectivity index (χ2v) is 8.40. The van der Waals surface area contributed by atoms with Crippen LogP contribution in [-0.4, -0.2) is 31.5 Å². The molecule has 0 radical (unpaired) electrons. The monoisotopic (exact) mass is 316 g/mol. The largest absolute Gasteiger partial charge is 0.409 e. The Hall–Kier alpha value is -1.21. The third kappa shape index (κ3) is 4.72. The summed E-state index contributed by atoms with van der Waals surface area (Å²) in [6.45, 7) is 3.82. The zero-order valence-corrected chi connectivity index (χ0v) is 13.5. The van der Waals surface area contributed by atoms with Gasteiger partial charge in [0.15, 0.2) is 9.84 Å². The van der Waals surface area contributed by atoms with E-state index in [0.29, 0.717) is 4.90 Å². The van der Waals surface area contributed by atoms with Crippen LogP contribution in [-0.2, 0) is 9.84 Å². The van der Waals surface area contributed by atoms with Crippen molar-refractivity contribution in [1.82, 2.24) is 0 Å². The second-order valence-electron chi connectivity index (χ2n) is 5.21. The molecule has 0 amide bonds. The molecule has 3 N–H and O–H groups in total. The Morgan fingerprint density at radius 2 is 1.90 bits per heavy atom. The number of nitrogens with two attached hydrogens (primary N) is 1. The standard InChI is InChI=1S/C13H20N2O3S2/c1-13(2,12(14)15-16)8-9-19-10-4-6-11(7-5-10)20(3,17)18/h4-7,16H,8-9H2,1-3H3,(H2,14,15). The molecule has 1 aromatic rings. The predicted molar refractivity (Wildman–Crippen MR) is 82.1 cm³/mol. The smallest absolute Gasteiger partial charge is 0.175 e. The molecule has 0 saturated heterocycles. The second kappa shape index (κ2) is 6.49. The van der Waals surface area contributed by atoms with E-state index in [-0.39, 0.29) is 11.3 Å². The fourth-order valence-electron chi connectivity index (χ4n) is 1.47. The maximum absolute atomic E-state index is 11.3. The quantitative estimate of drug-likeness (QED) is 0.276. The van der Waals surface area contributed by atoms with Crippen molar-refractivity contribution in [3.8, 4) is 0 Å². The van der Waals surface area contributed by atoms with Crippen LogP contribution in [0.3, 0.4) is 0 Å². The predicted octanol–water partition coefficient (Wildman–Crippen LogP) is 2.34. The Bertz CT molecular complexity index is 578. The van der Waals surface area contributed by atoms with Gasteiger partial charge in [0.1, 0.15) is 5.84 Å². The molecule has 0 aromatic heterocycles. The first-order valence-corrected chi connectivity index (χ1v) is 8.95. The molecule has 0 bridgehead atoms. The summed E-state index contributed by atoms with van der Waals surface area (Å²) in [5.74, 6) is 1.01. The molecular weight excluding hydrogens is 296 g/mol. The third-order valence-corrected chi connectivity index (χ3v) is 5.19. The lowest BCUT2D eigenvalue weighted by atomic mass is 9.89. The van der Waals surface area contributed by atoms with E-state index in [1.54, 1.807) is 36.0 Å². The van der Waals surface area contributed by atoms with Crippen LogP contribution in [0, 0.1) is 5.41 Å². The van der Waals surface area contributed by atoms with Gasteiger partial charge in [-0.3, -0.25) is 0 Å². The van der Waals surface area contributed by atoms with Crippen molar-refractivity contribution in [3.05, 3.63) is 24.3 Å². The van der Waals surface area contributed by atoms with Crippen LogP contribution in [0.25, 0.3) is 0 Å².